The van der Waals surface area contributed by atoms with Crippen molar-refractivity contribution in [1.29, 1.82) is 0 Å². The number of thioether (sulfide) groups is 1. The van der Waals surface area contributed by atoms with Gasteiger partial charge in [0, 0.05) is 24.5 Å². The molecule has 112 valence electrons. The first-order valence-corrected chi connectivity index (χ1v) is 7.91. The maximum atomic E-state index is 11.7. The molecule has 21 heavy (non-hydrogen) atoms. The standard InChI is InChI=1S/C11H12N4O4S2/c1-6(16)13-8(10(18)19)4-20-3-7-2-9(17)15-11(14-7)21-5-12-15/h2,5,8H,3-4H2,1H3,(H,13,16)(H,18,19). The number of nitrogens with one attached hydrogen (secondary N) is 1. The Bertz CT molecular complexity index is 726. The van der Waals surface area contributed by atoms with Crippen LogP contribution in [0, 0.1) is 0 Å². The van der Waals surface area contributed by atoms with Gasteiger partial charge in [-0.1, -0.05) is 11.3 Å². The Morgan fingerprint density at radius 3 is 3.00 bits per heavy atom. The molecule has 10 heteroatoms. The molecule has 1 amide bonds. The molecule has 2 heterocycles. The summed E-state index contributed by atoms with van der Waals surface area (Å²) in [6.07, 6.45) is 0. The number of rotatable bonds is 6. The van der Waals surface area contributed by atoms with Crippen LogP contribution in [0.4, 0.5) is 0 Å². The number of carbonyl (C=O) groups excluding carboxylic acids is 1. The van der Waals surface area contributed by atoms with Crippen LogP contribution in [0.5, 0.6) is 0 Å². The number of hydrogen-bond acceptors (Lipinski definition) is 7. The quantitative estimate of drug-likeness (QED) is 0.765. The van der Waals surface area contributed by atoms with Crippen molar-refractivity contribution in [3.8, 4) is 0 Å². The second-order valence-corrected chi connectivity index (χ2v) is 5.97. The van der Waals surface area contributed by atoms with Crippen LogP contribution in [0.15, 0.2) is 16.4 Å². The Morgan fingerprint density at radius 2 is 2.33 bits per heavy atom. The number of carbonyl (C=O) groups is 2. The van der Waals surface area contributed by atoms with E-state index in [2.05, 4.69) is 15.4 Å². The molecule has 2 N–H and O–H groups in total. The Hall–Kier alpha value is -1.94. The number of aromatic nitrogens is 3. The third kappa shape index (κ3) is 4.02. The highest BCUT2D eigenvalue weighted by Gasteiger charge is 2.18. The van der Waals surface area contributed by atoms with E-state index in [0.29, 0.717) is 16.4 Å². The number of hydrogen-bond donors (Lipinski definition) is 2. The largest absolute Gasteiger partial charge is 0.480 e. The first kappa shape index (κ1) is 15.4. The second kappa shape index (κ2) is 6.68. The van der Waals surface area contributed by atoms with Crippen molar-refractivity contribution in [1.82, 2.24) is 19.9 Å². The Kier molecular flexibility index (Phi) is 4.91. The lowest BCUT2D eigenvalue weighted by atomic mass is 10.3. The lowest BCUT2D eigenvalue weighted by molar-refractivity contribution is -0.140. The van der Waals surface area contributed by atoms with Gasteiger partial charge in [0.25, 0.3) is 5.56 Å². The molecule has 0 radical (unpaired) electrons. The van der Waals surface area contributed by atoms with Gasteiger partial charge in [-0.15, -0.1) is 0 Å². The van der Waals surface area contributed by atoms with Crippen molar-refractivity contribution in [2.45, 2.75) is 18.7 Å². The average molecular weight is 328 g/mol. The van der Waals surface area contributed by atoms with Gasteiger partial charge < -0.3 is 10.4 Å². The number of fused-ring (bicyclic) bond motifs is 1. The molecule has 8 nitrogen and oxygen atoms in total. The monoisotopic (exact) mass is 328 g/mol. The van der Waals surface area contributed by atoms with Crippen LogP contribution in [0.25, 0.3) is 4.96 Å². The van der Waals surface area contributed by atoms with Gasteiger partial charge in [0.15, 0.2) is 0 Å². The van der Waals surface area contributed by atoms with Gasteiger partial charge >= 0.3 is 5.97 Å². The van der Waals surface area contributed by atoms with E-state index in [4.69, 9.17) is 5.11 Å². The van der Waals surface area contributed by atoms with Gasteiger partial charge in [0.2, 0.25) is 10.9 Å². The van der Waals surface area contributed by atoms with E-state index < -0.39 is 17.9 Å². The Labute approximate surface area is 127 Å². The summed E-state index contributed by atoms with van der Waals surface area (Å²) < 4.78 is 1.20. The Morgan fingerprint density at radius 1 is 1.57 bits per heavy atom. The van der Waals surface area contributed by atoms with Crippen LogP contribution in [-0.2, 0) is 15.3 Å². The number of carboxylic acids is 1. The second-order valence-electron chi connectivity index (χ2n) is 4.13. The highest BCUT2D eigenvalue weighted by Crippen LogP contribution is 2.12. The minimum Gasteiger partial charge on any atom is -0.480 e. The molecule has 1 unspecified atom stereocenters. The van der Waals surface area contributed by atoms with Crippen LogP contribution in [0.3, 0.4) is 0 Å². The molecule has 0 spiro atoms. The fourth-order valence-corrected chi connectivity index (χ4v) is 3.16. The predicted octanol–water partition coefficient (Wildman–Crippen LogP) is -0.0265. The topological polar surface area (TPSA) is 114 Å². The van der Waals surface area contributed by atoms with Crippen LogP contribution in [0.2, 0.25) is 0 Å². The van der Waals surface area contributed by atoms with Crippen molar-refractivity contribution in [2.75, 3.05) is 5.75 Å². The number of aliphatic carboxylic acids is 1. The van der Waals surface area contributed by atoms with Crippen LogP contribution < -0.4 is 10.9 Å². The fourth-order valence-electron chi connectivity index (χ4n) is 1.58. The molecule has 0 saturated carbocycles. The molecule has 0 aromatic carbocycles. The van der Waals surface area contributed by atoms with Crippen LogP contribution in [-0.4, -0.2) is 43.4 Å². The maximum absolute atomic E-state index is 11.7. The van der Waals surface area contributed by atoms with Gasteiger partial charge in [-0.05, 0) is 0 Å². The van der Waals surface area contributed by atoms with Crippen molar-refractivity contribution >= 4 is 39.9 Å². The molecule has 2 rings (SSSR count). The highest BCUT2D eigenvalue weighted by molar-refractivity contribution is 7.98. The van der Waals surface area contributed by atoms with Gasteiger partial charge in [0.05, 0.1) is 5.69 Å². The molecule has 0 aliphatic heterocycles. The third-order valence-corrected chi connectivity index (χ3v) is 4.19. The molecule has 0 bridgehead atoms. The lowest BCUT2D eigenvalue weighted by Gasteiger charge is -2.12. The zero-order valence-corrected chi connectivity index (χ0v) is 12.6. The summed E-state index contributed by atoms with van der Waals surface area (Å²) in [5.74, 6) is -0.917. The smallest absolute Gasteiger partial charge is 0.327 e. The number of carboxylic acid groups (broad SMARTS) is 1. The van der Waals surface area contributed by atoms with E-state index in [-0.39, 0.29) is 11.3 Å². The van der Waals surface area contributed by atoms with E-state index in [1.54, 1.807) is 0 Å². The summed E-state index contributed by atoms with van der Waals surface area (Å²) >= 11 is 2.53. The molecule has 2 aromatic heterocycles. The normalized spacial score (nSPS) is 12.2. The van der Waals surface area contributed by atoms with Gasteiger partial charge in [-0.25, -0.2) is 9.78 Å². The van der Waals surface area contributed by atoms with Crippen molar-refractivity contribution in [3.05, 3.63) is 27.6 Å². The summed E-state index contributed by atoms with van der Waals surface area (Å²) in [5, 5.41) is 15.2. The van der Waals surface area contributed by atoms with E-state index in [1.165, 1.54) is 46.1 Å². The Balaban J connectivity index is 1.99. The van der Waals surface area contributed by atoms with E-state index in [1.807, 2.05) is 0 Å². The van der Waals surface area contributed by atoms with E-state index >= 15 is 0 Å². The first-order chi connectivity index (χ1) is 9.97. The summed E-state index contributed by atoms with van der Waals surface area (Å²) in [5.41, 5.74) is 1.81. The highest BCUT2D eigenvalue weighted by atomic mass is 32.2. The molecule has 0 aliphatic rings. The minimum absolute atomic E-state index is 0.193. The van der Waals surface area contributed by atoms with Gasteiger partial charge in [-0.3, -0.25) is 9.59 Å². The molecule has 1 atom stereocenters. The van der Waals surface area contributed by atoms with E-state index in [9.17, 15) is 14.4 Å². The number of nitrogens with zero attached hydrogens (tertiary/aromatic N) is 3. The van der Waals surface area contributed by atoms with Crippen molar-refractivity contribution in [2.24, 2.45) is 0 Å². The zero-order chi connectivity index (χ0) is 15.4. The fraction of sp³-hybridized carbons (Fsp3) is 0.364. The van der Waals surface area contributed by atoms with Crippen molar-refractivity contribution in [3.63, 3.8) is 0 Å². The lowest BCUT2D eigenvalue weighted by Crippen LogP contribution is -2.41. The van der Waals surface area contributed by atoms with Crippen molar-refractivity contribution < 1.29 is 14.7 Å². The molecule has 0 aliphatic carbocycles. The molecule has 0 fully saturated rings. The van der Waals surface area contributed by atoms with Gasteiger partial charge in [-0.2, -0.15) is 21.4 Å². The van der Waals surface area contributed by atoms with Crippen LogP contribution in [0.1, 0.15) is 12.6 Å². The maximum Gasteiger partial charge on any atom is 0.327 e. The average Bonchev–Trinajstić information content (AvgIpc) is 2.85. The van der Waals surface area contributed by atoms with Gasteiger partial charge in [0.1, 0.15) is 11.6 Å². The molecular weight excluding hydrogens is 316 g/mol. The molecule has 2 aromatic rings. The van der Waals surface area contributed by atoms with Crippen LogP contribution >= 0.6 is 23.1 Å². The minimum atomic E-state index is -1.09. The molecule has 0 saturated heterocycles. The molecular formula is C11H12N4O4S2. The summed E-state index contributed by atoms with van der Waals surface area (Å²) in [4.78, 5) is 38.4. The SMILES string of the molecule is CC(=O)NC(CSCc1cc(=O)n2ncsc2n1)C(=O)O. The first-order valence-electron chi connectivity index (χ1n) is 5.87. The summed E-state index contributed by atoms with van der Waals surface area (Å²) in [7, 11) is 0. The summed E-state index contributed by atoms with van der Waals surface area (Å²) in [6.45, 7) is 1.26. The summed E-state index contributed by atoms with van der Waals surface area (Å²) in [6, 6.07) is 0.411. The number of amides is 1. The third-order valence-electron chi connectivity index (χ3n) is 2.45. The zero-order valence-electron chi connectivity index (χ0n) is 11.0. The van der Waals surface area contributed by atoms with E-state index in [0.717, 1.165) is 0 Å². The predicted molar refractivity (Wildman–Crippen MR) is 78.5 cm³/mol.